The first-order chi connectivity index (χ1) is 13.2. The third-order valence-electron chi connectivity index (χ3n) is 4.05. The van der Waals surface area contributed by atoms with E-state index in [-0.39, 0.29) is 0 Å². The zero-order valence-electron chi connectivity index (χ0n) is 15.0. The minimum absolute atomic E-state index is 0.625. The maximum Gasteiger partial charge on any atom is 0.226 e. The van der Waals surface area contributed by atoms with Crippen LogP contribution >= 0.6 is 11.8 Å². The quantitative estimate of drug-likeness (QED) is 0.459. The summed E-state index contributed by atoms with van der Waals surface area (Å²) in [4.78, 5) is 4.57. The van der Waals surface area contributed by atoms with Gasteiger partial charge in [0, 0.05) is 17.4 Å². The van der Waals surface area contributed by atoms with Gasteiger partial charge in [0.1, 0.15) is 18.3 Å². The van der Waals surface area contributed by atoms with Gasteiger partial charge in [-0.15, -0.1) is 10.2 Å². The van der Waals surface area contributed by atoms with Crippen molar-refractivity contribution in [3.05, 3.63) is 72.4 Å². The fraction of sp³-hybridized carbons (Fsp3) is 0.150. The monoisotopic (exact) mass is 378 g/mol. The molecule has 7 heteroatoms. The van der Waals surface area contributed by atoms with Crippen LogP contribution in [0.2, 0.25) is 0 Å². The molecule has 0 aliphatic heterocycles. The Morgan fingerprint density at radius 1 is 1.15 bits per heavy atom. The zero-order valence-corrected chi connectivity index (χ0v) is 15.8. The molecule has 4 aromatic rings. The molecule has 0 spiro atoms. The molecule has 2 heterocycles. The number of aromatic nitrogens is 4. The van der Waals surface area contributed by atoms with E-state index >= 15 is 0 Å². The average molecular weight is 378 g/mol. The number of hydrogen-bond donors (Lipinski definition) is 0. The molecule has 0 amide bonds. The molecule has 0 fully saturated rings. The van der Waals surface area contributed by atoms with E-state index in [1.807, 2.05) is 53.1 Å². The van der Waals surface area contributed by atoms with Crippen molar-refractivity contribution in [2.75, 3.05) is 7.11 Å². The smallest absolute Gasteiger partial charge is 0.226 e. The summed E-state index contributed by atoms with van der Waals surface area (Å²) in [5, 5.41) is 9.03. The topological polar surface area (TPSA) is 66.0 Å². The van der Waals surface area contributed by atoms with E-state index in [1.165, 1.54) is 5.56 Å². The van der Waals surface area contributed by atoms with Gasteiger partial charge in [0.25, 0.3) is 0 Å². The van der Waals surface area contributed by atoms with Gasteiger partial charge in [-0.25, -0.2) is 4.98 Å². The average Bonchev–Trinajstić information content (AvgIpc) is 3.36. The van der Waals surface area contributed by atoms with E-state index in [2.05, 4.69) is 22.1 Å². The van der Waals surface area contributed by atoms with Crippen LogP contribution in [-0.2, 0) is 5.75 Å². The van der Waals surface area contributed by atoms with E-state index in [9.17, 15) is 0 Å². The lowest BCUT2D eigenvalue weighted by Crippen LogP contribution is -1.96. The summed E-state index contributed by atoms with van der Waals surface area (Å²) in [5.41, 5.74) is 3.98. The van der Waals surface area contributed by atoms with Gasteiger partial charge < -0.3 is 9.15 Å². The molecule has 6 nitrogen and oxygen atoms in total. The summed E-state index contributed by atoms with van der Waals surface area (Å²) >= 11 is 1.55. The summed E-state index contributed by atoms with van der Waals surface area (Å²) in [7, 11) is 1.65. The molecule has 0 bridgehead atoms. The highest BCUT2D eigenvalue weighted by atomic mass is 32.2. The highest BCUT2D eigenvalue weighted by Crippen LogP contribution is 2.26. The molecular formula is C20H18N4O2S. The van der Waals surface area contributed by atoms with Crippen molar-refractivity contribution < 1.29 is 9.15 Å². The number of oxazole rings is 1. The maximum absolute atomic E-state index is 5.62. The highest BCUT2D eigenvalue weighted by Gasteiger charge is 2.11. The minimum atomic E-state index is 0.625. The third kappa shape index (κ3) is 3.88. The predicted molar refractivity (Wildman–Crippen MR) is 104 cm³/mol. The molecule has 0 saturated heterocycles. The van der Waals surface area contributed by atoms with Crippen molar-refractivity contribution in [1.82, 2.24) is 19.7 Å². The molecule has 2 aromatic heterocycles. The van der Waals surface area contributed by atoms with Gasteiger partial charge >= 0.3 is 0 Å². The normalized spacial score (nSPS) is 10.9. The van der Waals surface area contributed by atoms with Gasteiger partial charge in [-0.2, -0.15) is 0 Å². The van der Waals surface area contributed by atoms with Crippen molar-refractivity contribution in [3.63, 3.8) is 0 Å². The Morgan fingerprint density at radius 2 is 2.00 bits per heavy atom. The van der Waals surface area contributed by atoms with Crippen LogP contribution in [0.25, 0.3) is 17.1 Å². The Balaban J connectivity index is 1.49. The molecule has 136 valence electrons. The lowest BCUT2D eigenvalue weighted by molar-refractivity contribution is 0.414. The Labute approximate surface area is 161 Å². The molecule has 0 unspecified atom stereocenters. The molecule has 0 aliphatic carbocycles. The van der Waals surface area contributed by atoms with E-state index < -0.39 is 0 Å². The van der Waals surface area contributed by atoms with Gasteiger partial charge in [-0.05, 0) is 31.2 Å². The SMILES string of the molecule is COc1cccc(-n2cnnc2SCc2coc(-c3ccc(C)cc3)n2)c1. The number of rotatable bonds is 6. The standard InChI is InChI=1S/C20H18N4O2S/c1-14-6-8-15(9-7-14)19-22-16(11-26-19)12-27-20-23-21-13-24(20)17-4-3-5-18(10-17)25-2/h3-11,13H,12H2,1-2H3. The number of methoxy groups -OCH3 is 1. The van der Waals surface area contributed by atoms with Crippen LogP contribution in [0.15, 0.2) is 70.7 Å². The van der Waals surface area contributed by atoms with Crippen LogP contribution in [0.3, 0.4) is 0 Å². The van der Waals surface area contributed by atoms with Crippen LogP contribution in [0.5, 0.6) is 5.75 Å². The second-order valence-corrected chi connectivity index (χ2v) is 6.93. The highest BCUT2D eigenvalue weighted by molar-refractivity contribution is 7.98. The van der Waals surface area contributed by atoms with Gasteiger partial charge in [0.05, 0.1) is 18.5 Å². The van der Waals surface area contributed by atoms with Crippen molar-refractivity contribution in [2.24, 2.45) is 0 Å². The van der Waals surface area contributed by atoms with Crippen LogP contribution < -0.4 is 4.74 Å². The molecule has 27 heavy (non-hydrogen) atoms. The maximum atomic E-state index is 5.62. The first-order valence-corrected chi connectivity index (χ1v) is 9.40. The number of hydrogen-bond acceptors (Lipinski definition) is 6. The van der Waals surface area contributed by atoms with Crippen LogP contribution in [-0.4, -0.2) is 26.9 Å². The molecule has 0 saturated carbocycles. The van der Waals surface area contributed by atoms with Gasteiger partial charge in [0.2, 0.25) is 5.89 Å². The number of ether oxygens (including phenoxy) is 1. The lowest BCUT2D eigenvalue weighted by atomic mass is 10.1. The molecule has 0 atom stereocenters. The fourth-order valence-electron chi connectivity index (χ4n) is 2.60. The lowest BCUT2D eigenvalue weighted by Gasteiger charge is -2.07. The van der Waals surface area contributed by atoms with Crippen molar-refractivity contribution in [3.8, 4) is 22.9 Å². The van der Waals surface area contributed by atoms with E-state index in [1.54, 1.807) is 31.5 Å². The predicted octanol–water partition coefficient (Wildman–Crippen LogP) is 4.53. The summed E-state index contributed by atoms with van der Waals surface area (Å²) in [6, 6.07) is 15.9. The van der Waals surface area contributed by atoms with Gasteiger partial charge in [-0.1, -0.05) is 35.5 Å². The zero-order chi connectivity index (χ0) is 18.6. The second-order valence-electron chi connectivity index (χ2n) is 5.98. The molecular weight excluding hydrogens is 360 g/mol. The van der Waals surface area contributed by atoms with E-state index in [0.717, 1.165) is 27.9 Å². The van der Waals surface area contributed by atoms with Crippen molar-refractivity contribution >= 4 is 11.8 Å². The van der Waals surface area contributed by atoms with Crippen molar-refractivity contribution in [2.45, 2.75) is 17.8 Å². The summed E-state index contributed by atoms with van der Waals surface area (Å²) in [5.74, 6) is 2.05. The molecule has 4 rings (SSSR count). The molecule has 0 radical (unpaired) electrons. The first-order valence-electron chi connectivity index (χ1n) is 8.41. The van der Waals surface area contributed by atoms with Crippen molar-refractivity contribution in [1.29, 1.82) is 0 Å². The Morgan fingerprint density at radius 3 is 2.81 bits per heavy atom. The Hall–Kier alpha value is -3.06. The van der Waals surface area contributed by atoms with Gasteiger partial charge in [-0.3, -0.25) is 4.57 Å². The van der Waals surface area contributed by atoms with Gasteiger partial charge in [0.15, 0.2) is 5.16 Å². The fourth-order valence-corrected chi connectivity index (χ4v) is 3.41. The van der Waals surface area contributed by atoms with Crippen LogP contribution in [0.4, 0.5) is 0 Å². The second kappa shape index (κ2) is 7.67. The summed E-state index contributed by atoms with van der Waals surface area (Å²) in [6.07, 6.45) is 3.38. The minimum Gasteiger partial charge on any atom is -0.497 e. The van der Waals surface area contributed by atoms with Crippen LogP contribution in [0, 0.1) is 6.92 Å². The van der Waals surface area contributed by atoms with Crippen LogP contribution in [0.1, 0.15) is 11.3 Å². The van der Waals surface area contributed by atoms with E-state index in [4.69, 9.17) is 9.15 Å². The number of thioether (sulfide) groups is 1. The number of nitrogens with zero attached hydrogens (tertiary/aromatic N) is 4. The third-order valence-corrected chi connectivity index (χ3v) is 5.02. The first kappa shape index (κ1) is 17.4. The van der Waals surface area contributed by atoms with E-state index in [0.29, 0.717) is 11.6 Å². The number of benzene rings is 2. The molecule has 0 aliphatic rings. The molecule has 2 aromatic carbocycles. The Bertz CT molecular complexity index is 1040. The largest absolute Gasteiger partial charge is 0.497 e. The summed E-state index contributed by atoms with van der Waals surface area (Å²) in [6.45, 7) is 2.06. The summed E-state index contributed by atoms with van der Waals surface area (Å²) < 4.78 is 12.8. The Kier molecular flexibility index (Phi) is 4.93. The molecule has 0 N–H and O–H groups in total. The number of aryl methyl sites for hydroxylation is 1.